The van der Waals surface area contributed by atoms with Gasteiger partial charge in [0.15, 0.2) is 0 Å². The molecular formula is C11H22OS. The van der Waals surface area contributed by atoms with Crippen LogP contribution in [0.15, 0.2) is 0 Å². The molecule has 0 atom stereocenters. The molecule has 1 saturated heterocycles. The van der Waals surface area contributed by atoms with Crippen molar-refractivity contribution in [2.24, 2.45) is 0 Å². The predicted molar refractivity (Wildman–Crippen MR) is 61.4 cm³/mol. The van der Waals surface area contributed by atoms with E-state index in [4.69, 9.17) is 0 Å². The molecule has 78 valence electrons. The van der Waals surface area contributed by atoms with Gasteiger partial charge in [-0.3, -0.25) is 0 Å². The molecule has 0 aromatic carbocycles. The van der Waals surface area contributed by atoms with Crippen molar-refractivity contribution in [1.82, 2.24) is 0 Å². The molecule has 1 aliphatic heterocycles. The lowest BCUT2D eigenvalue weighted by atomic mass is 10.2. The first-order valence-corrected chi connectivity index (χ1v) is 6.50. The second kappa shape index (κ2) is 10.1. The van der Waals surface area contributed by atoms with Gasteiger partial charge in [-0.25, -0.2) is 0 Å². The number of ketones is 1. The summed E-state index contributed by atoms with van der Waals surface area (Å²) in [7, 11) is 0. The molecule has 0 spiro atoms. The largest absolute Gasteiger partial charge is 0.300 e. The first-order valence-electron chi connectivity index (χ1n) is 5.34. The first-order chi connectivity index (χ1) is 6.27. The fourth-order valence-corrected chi connectivity index (χ4v) is 2.15. The van der Waals surface area contributed by atoms with Gasteiger partial charge >= 0.3 is 0 Å². The molecule has 0 radical (unpaired) electrons. The average molecular weight is 202 g/mol. The summed E-state index contributed by atoms with van der Waals surface area (Å²) in [5.74, 6) is 3.15. The Kier molecular flexibility index (Phi) is 10.1. The zero-order chi connectivity index (χ0) is 9.94. The summed E-state index contributed by atoms with van der Waals surface area (Å²) in [6.07, 6.45) is 7.17. The lowest BCUT2D eigenvalue weighted by Crippen LogP contribution is -1.87. The van der Waals surface area contributed by atoms with E-state index in [0.717, 1.165) is 12.8 Å². The molecule has 0 N–H and O–H groups in total. The molecule has 0 aromatic heterocycles. The second-order valence-electron chi connectivity index (χ2n) is 3.48. The molecule has 1 fully saturated rings. The van der Waals surface area contributed by atoms with Gasteiger partial charge in [0.1, 0.15) is 5.78 Å². The number of hydrogen-bond acceptors (Lipinski definition) is 2. The Morgan fingerprint density at radius 3 is 2.15 bits per heavy atom. The lowest BCUT2D eigenvalue weighted by molar-refractivity contribution is -0.117. The molecule has 1 rings (SSSR count). The van der Waals surface area contributed by atoms with E-state index in [2.05, 4.69) is 18.7 Å². The van der Waals surface area contributed by atoms with Gasteiger partial charge in [0, 0.05) is 6.42 Å². The van der Waals surface area contributed by atoms with Crippen molar-refractivity contribution in [1.29, 1.82) is 0 Å². The Labute approximate surface area is 86.7 Å². The van der Waals surface area contributed by atoms with Crippen molar-refractivity contribution in [2.45, 2.75) is 52.4 Å². The van der Waals surface area contributed by atoms with Gasteiger partial charge in [0.05, 0.1) is 0 Å². The minimum Gasteiger partial charge on any atom is -0.300 e. The van der Waals surface area contributed by atoms with Gasteiger partial charge in [-0.15, -0.1) is 0 Å². The summed E-state index contributed by atoms with van der Waals surface area (Å²) in [5.41, 5.74) is 0. The second-order valence-corrected chi connectivity index (χ2v) is 4.70. The van der Waals surface area contributed by atoms with Crippen LogP contribution < -0.4 is 0 Å². The van der Waals surface area contributed by atoms with E-state index in [0.29, 0.717) is 5.78 Å². The van der Waals surface area contributed by atoms with Crippen molar-refractivity contribution in [3.05, 3.63) is 0 Å². The molecule has 1 nitrogen and oxygen atoms in total. The average Bonchev–Trinajstić information content (AvgIpc) is 2.61. The molecule has 13 heavy (non-hydrogen) atoms. The number of thioether (sulfide) groups is 1. The van der Waals surface area contributed by atoms with Crippen LogP contribution >= 0.6 is 11.8 Å². The van der Waals surface area contributed by atoms with Crippen LogP contribution in [0.25, 0.3) is 0 Å². The molecule has 0 saturated carbocycles. The van der Waals surface area contributed by atoms with E-state index in [1.807, 2.05) is 0 Å². The fraction of sp³-hybridized carbons (Fsp3) is 0.909. The first kappa shape index (κ1) is 13.0. The van der Waals surface area contributed by atoms with Crippen molar-refractivity contribution in [2.75, 3.05) is 11.5 Å². The van der Waals surface area contributed by atoms with Crippen LogP contribution in [0.2, 0.25) is 0 Å². The van der Waals surface area contributed by atoms with Crippen LogP contribution in [0.1, 0.15) is 52.4 Å². The number of carbonyl (C=O) groups excluding carboxylic acids is 1. The highest BCUT2D eigenvalue weighted by molar-refractivity contribution is 7.99. The Bertz CT molecular complexity index is 112. The third-order valence-electron chi connectivity index (χ3n) is 1.96. The van der Waals surface area contributed by atoms with E-state index in [1.165, 1.54) is 37.2 Å². The maximum absolute atomic E-state index is 10.3. The van der Waals surface area contributed by atoms with Crippen molar-refractivity contribution < 1.29 is 4.79 Å². The van der Waals surface area contributed by atoms with Gasteiger partial charge in [-0.05, 0) is 37.7 Å². The normalized spacial score (nSPS) is 14.9. The van der Waals surface area contributed by atoms with Gasteiger partial charge in [0.2, 0.25) is 0 Å². The Morgan fingerprint density at radius 1 is 1.23 bits per heavy atom. The highest BCUT2D eigenvalue weighted by Crippen LogP contribution is 2.14. The van der Waals surface area contributed by atoms with E-state index < -0.39 is 0 Å². The fourth-order valence-electron chi connectivity index (χ4n) is 1.13. The number of unbranched alkanes of at least 4 members (excludes halogenated alkanes) is 2. The van der Waals surface area contributed by atoms with Crippen molar-refractivity contribution >= 4 is 17.5 Å². The monoisotopic (exact) mass is 202 g/mol. The standard InChI is InChI=1S/C7H14O.C4H8S/c1-3-4-5-6-7(2)8;1-2-4-5-3-1/h3-6H2,1-2H3;1-4H2. The molecule has 0 unspecified atom stereocenters. The van der Waals surface area contributed by atoms with Gasteiger partial charge in [-0.1, -0.05) is 19.8 Å². The lowest BCUT2D eigenvalue weighted by Gasteiger charge is -1.90. The number of Topliss-reactive ketones (excluding diaryl/α,β-unsaturated/α-hetero) is 1. The van der Waals surface area contributed by atoms with Crippen molar-refractivity contribution in [3.8, 4) is 0 Å². The van der Waals surface area contributed by atoms with E-state index in [-0.39, 0.29) is 0 Å². The third-order valence-corrected chi connectivity index (χ3v) is 3.11. The smallest absolute Gasteiger partial charge is 0.129 e. The van der Waals surface area contributed by atoms with Crippen LogP contribution in [-0.2, 0) is 4.79 Å². The Morgan fingerprint density at radius 2 is 1.85 bits per heavy atom. The van der Waals surface area contributed by atoms with Crippen LogP contribution in [-0.4, -0.2) is 17.3 Å². The Hall–Kier alpha value is 0.0200. The van der Waals surface area contributed by atoms with Crippen LogP contribution in [0.4, 0.5) is 0 Å². The molecule has 0 amide bonds. The van der Waals surface area contributed by atoms with E-state index in [9.17, 15) is 4.79 Å². The highest BCUT2D eigenvalue weighted by atomic mass is 32.2. The third kappa shape index (κ3) is 12.0. The SMILES string of the molecule is C1CCSC1.CCCCCC(C)=O. The van der Waals surface area contributed by atoms with Crippen LogP contribution in [0.5, 0.6) is 0 Å². The summed E-state index contributed by atoms with van der Waals surface area (Å²) in [6, 6.07) is 0. The maximum atomic E-state index is 10.3. The van der Waals surface area contributed by atoms with Gasteiger partial charge in [0.25, 0.3) is 0 Å². The topological polar surface area (TPSA) is 17.1 Å². The molecule has 1 heterocycles. The van der Waals surface area contributed by atoms with Gasteiger partial charge in [-0.2, -0.15) is 11.8 Å². The zero-order valence-electron chi connectivity index (χ0n) is 8.97. The highest BCUT2D eigenvalue weighted by Gasteiger charge is 1.95. The summed E-state index contributed by atoms with van der Waals surface area (Å²) < 4.78 is 0. The van der Waals surface area contributed by atoms with Crippen molar-refractivity contribution in [3.63, 3.8) is 0 Å². The summed E-state index contributed by atoms with van der Waals surface area (Å²) in [4.78, 5) is 10.3. The molecule has 0 aromatic rings. The summed E-state index contributed by atoms with van der Waals surface area (Å²) >= 11 is 2.07. The number of hydrogen-bond donors (Lipinski definition) is 0. The zero-order valence-corrected chi connectivity index (χ0v) is 9.79. The molecule has 2 heteroatoms. The van der Waals surface area contributed by atoms with Gasteiger partial charge < -0.3 is 4.79 Å². The summed E-state index contributed by atoms with van der Waals surface area (Å²) in [6.45, 7) is 3.79. The predicted octanol–water partition coefficient (Wildman–Crippen LogP) is 3.67. The minimum absolute atomic E-state index is 0.318. The molecular weight excluding hydrogens is 180 g/mol. The minimum atomic E-state index is 0.318. The summed E-state index contributed by atoms with van der Waals surface area (Å²) in [5, 5.41) is 0. The van der Waals surface area contributed by atoms with E-state index in [1.54, 1.807) is 6.92 Å². The quantitative estimate of drug-likeness (QED) is 0.647. The Balaban J connectivity index is 0.000000243. The van der Waals surface area contributed by atoms with Crippen LogP contribution in [0, 0.1) is 0 Å². The van der Waals surface area contributed by atoms with E-state index >= 15 is 0 Å². The number of rotatable bonds is 4. The maximum Gasteiger partial charge on any atom is 0.129 e. The molecule has 0 bridgehead atoms. The molecule has 0 aliphatic carbocycles. The van der Waals surface area contributed by atoms with Crippen LogP contribution in [0.3, 0.4) is 0 Å². The number of carbonyl (C=O) groups is 1. The molecule has 1 aliphatic rings.